The molecule has 1 amide bonds. The fraction of sp³-hybridized carbons (Fsp3) is 0.368. The number of fused-ring (bicyclic) bond motifs is 1. The second kappa shape index (κ2) is 7.22. The van der Waals surface area contributed by atoms with E-state index in [1.807, 2.05) is 31.2 Å². The number of nitrogens with one attached hydrogen (secondary N) is 1. The molecule has 3 aromatic rings. The molecule has 4 rings (SSSR count). The van der Waals surface area contributed by atoms with Crippen molar-refractivity contribution in [2.45, 2.75) is 19.8 Å². The van der Waals surface area contributed by atoms with Crippen LogP contribution in [0.15, 0.2) is 35.1 Å². The summed E-state index contributed by atoms with van der Waals surface area (Å²) in [6.07, 6.45) is 3.20. The fourth-order valence-corrected chi connectivity index (χ4v) is 3.51. The van der Waals surface area contributed by atoms with Crippen LogP contribution in [0, 0.1) is 12.8 Å². The minimum Gasteiger partial charge on any atom is -0.495 e. The largest absolute Gasteiger partial charge is 0.495 e. The van der Waals surface area contributed by atoms with Crippen molar-refractivity contribution < 1.29 is 14.1 Å². The lowest BCUT2D eigenvalue weighted by Crippen LogP contribution is -2.41. The Balaban J connectivity index is 1.54. The summed E-state index contributed by atoms with van der Waals surface area (Å²) in [7, 11) is 1.59. The van der Waals surface area contributed by atoms with Crippen LogP contribution >= 0.6 is 0 Å². The topological polar surface area (TPSA) is 93.4 Å². The molecule has 0 bridgehead atoms. The van der Waals surface area contributed by atoms with E-state index in [1.54, 1.807) is 7.11 Å². The first kappa shape index (κ1) is 17.3. The van der Waals surface area contributed by atoms with Gasteiger partial charge in [-0.25, -0.2) is 4.98 Å². The van der Waals surface area contributed by atoms with Crippen molar-refractivity contribution in [3.05, 3.63) is 36.3 Å². The van der Waals surface area contributed by atoms with Crippen LogP contribution in [0.2, 0.25) is 0 Å². The van der Waals surface area contributed by atoms with Gasteiger partial charge in [0.1, 0.15) is 23.3 Å². The summed E-state index contributed by atoms with van der Waals surface area (Å²) in [5.41, 5.74) is 1.90. The van der Waals surface area contributed by atoms with Crippen LogP contribution in [0.3, 0.4) is 0 Å². The summed E-state index contributed by atoms with van der Waals surface area (Å²) in [5.74, 6) is 1.26. The zero-order chi connectivity index (χ0) is 18.8. The van der Waals surface area contributed by atoms with Crippen molar-refractivity contribution in [2.75, 3.05) is 30.4 Å². The molecule has 0 aliphatic carbocycles. The molecule has 1 fully saturated rings. The number of amides is 1. The Morgan fingerprint density at radius 3 is 3.04 bits per heavy atom. The summed E-state index contributed by atoms with van der Waals surface area (Å²) in [6, 6.07) is 7.41. The van der Waals surface area contributed by atoms with Gasteiger partial charge in [0.05, 0.1) is 24.4 Å². The number of carbonyl (C=O) groups excluding carboxylic acids is 1. The standard InChI is InChI=1S/C19H21N5O3/c1-12-16-17(20-11-21-19(16)27-23-12)24-9-5-6-13(10-24)18(25)22-14-7-3-4-8-15(14)26-2/h3-4,7-8,11,13H,5-6,9-10H2,1-2H3,(H,22,25)/t13-/m1/s1. The van der Waals surface area contributed by atoms with Gasteiger partial charge in [0, 0.05) is 13.1 Å². The van der Waals surface area contributed by atoms with E-state index < -0.39 is 0 Å². The van der Waals surface area contributed by atoms with E-state index in [-0.39, 0.29) is 11.8 Å². The maximum atomic E-state index is 12.8. The SMILES string of the molecule is COc1ccccc1NC(=O)[C@@H]1CCCN(c2ncnc3onc(C)c23)C1. The predicted octanol–water partition coefficient (Wildman–Crippen LogP) is 2.79. The second-order valence-electron chi connectivity index (χ2n) is 6.62. The van der Waals surface area contributed by atoms with E-state index in [4.69, 9.17) is 9.26 Å². The number of piperidine rings is 1. The fourth-order valence-electron chi connectivity index (χ4n) is 3.51. The van der Waals surface area contributed by atoms with Gasteiger partial charge in [0.25, 0.3) is 5.71 Å². The minimum atomic E-state index is -0.145. The number of para-hydroxylation sites is 2. The number of anilines is 2. The van der Waals surface area contributed by atoms with E-state index in [1.165, 1.54) is 6.33 Å². The number of carbonyl (C=O) groups is 1. The Labute approximate surface area is 156 Å². The monoisotopic (exact) mass is 367 g/mol. The van der Waals surface area contributed by atoms with Gasteiger partial charge in [0.15, 0.2) is 0 Å². The van der Waals surface area contributed by atoms with E-state index in [9.17, 15) is 4.79 Å². The third-order valence-electron chi connectivity index (χ3n) is 4.88. The molecule has 0 radical (unpaired) electrons. The Morgan fingerprint density at radius 1 is 1.33 bits per heavy atom. The van der Waals surface area contributed by atoms with Crippen LogP contribution < -0.4 is 15.0 Å². The smallest absolute Gasteiger partial charge is 0.263 e. The minimum absolute atomic E-state index is 0.0171. The molecule has 1 aliphatic heterocycles. The maximum absolute atomic E-state index is 12.8. The van der Waals surface area contributed by atoms with Crippen LogP contribution in [0.5, 0.6) is 5.75 Å². The number of aromatic nitrogens is 3. The van der Waals surface area contributed by atoms with Gasteiger partial charge < -0.3 is 19.5 Å². The Bertz CT molecular complexity index is 971. The molecular formula is C19H21N5O3. The van der Waals surface area contributed by atoms with Crippen LogP contribution in [0.25, 0.3) is 11.1 Å². The Hall–Kier alpha value is -3.16. The molecule has 27 heavy (non-hydrogen) atoms. The highest BCUT2D eigenvalue weighted by Crippen LogP contribution is 2.30. The van der Waals surface area contributed by atoms with Gasteiger partial charge in [-0.15, -0.1) is 0 Å². The van der Waals surface area contributed by atoms with E-state index in [0.717, 1.165) is 36.3 Å². The number of hydrogen-bond donors (Lipinski definition) is 1. The highest BCUT2D eigenvalue weighted by Gasteiger charge is 2.29. The summed E-state index contributed by atoms with van der Waals surface area (Å²) in [6.45, 7) is 3.28. The third-order valence-corrected chi connectivity index (χ3v) is 4.88. The van der Waals surface area contributed by atoms with Crippen LogP contribution in [-0.2, 0) is 4.79 Å². The number of nitrogens with zero attached hydrogens (tertiary/aromatic N) is 4. The van der Waals surface area contributed by atoms with E-state index in [2.05, 4.69) is 25.3 Å². The zero-order valence-electron chi connectivity index (χ0n) is 15.3. The van der Waals surface area contributed by atoms with Gasteiger partial charge in [0.2, 0.25) is 5.91 Å². The van der Waals surface area contributed by atoms with Crippen LogP contribution in [-0.4, -0.2) is 41.2 Å². The lowest BCUT2D eigenvalue weighted by Gasteiger charge is -2.33. The summed E-state index contributed by atoms with van der Waals surface area (Å²) in [4.78, 5) is 23.5. The number of benzene rings is 1. The van der Waals surface area contributed by atoms with Crippen LogP contribution in [0.4, 0.5) is 11.5 Å². The molecule has 8 heteroatoms. The molecule has 1 atom stereocenters. The van der Waals surface area contributed by atoms with Gasteiger partial charge in [-0.1, -0.05) is 17.3 Å². The summed E-state index contributed by atoms with van der Waals surface area (Å²) in [5, 5.41) is 7.78. The number of methoxy groups -OCH3 is 1. The molecule has 1 N–H and O–H groups in total. The number of rotatable bonds is 4. The second-order valence-corrected chi connectivity index (χ2v) is 6.62. The van der Waals surface area contributed by atoms with Gasteiger partial charge in [-0.05, 0) is 31.9 Å². The molecule has 0 unspecified atom stereocenters. The van der Waals surface area contributed by atoms with Crippen molar-refractivity contribution in [1.29, 1.82) is 0 Å². The number of aryl methyl sites for hydroxylation is 1. The van der Waals surface area contributed by atoms with E-state index >= 15 is 0 Å². The quantitative estimate of drug-likeness (QED) is 0.758. The number of hydrogen-bond acceptors (Lipinski definition) is 7. The van der Waals surface area contributed by atoms with Crippen molar-refractivity contribution >= 4 is 28.5 Å². The van der Waals surface area contributed by atoms with Crippen molar-refractivity contribution in [3.8, 4) is 5.75 Å². The maximum Gasteiger partial charge on any atom is 0.263 e. The first-order chi connectivity index (χ1) is 13.2. The highest BCUT2D eigenvalue weighted by molar-refractivity contribution is 5.95. The molecule has 1 saturated heterocycles. The average molecular weight is 367 g/mol. The van der Waals surface area contributed by atoms with Crippen molar-refractivity contribution in [1.82, 2.24) is 15.1 Å². The van der Waals surface area contributed by atoms with Crippen molar-refractivity contribution in [3.63, 3.8) is 0 Å². The lowest BCUT2D eigenvalue weighted by atomic mass is 9.96. The van der Waals surface area contributed by atoms with Crippen molar-refractivity contribution in [2.24, 2.45) is 5.92 Å². The van der Waals surface area contributed by atoms with Gasteiger partial charge in [-0.3, -0.25) is 4.79 Å². The molecule has 1 aromatic carbocycles. The first-order valence-corrected chi connectivity index (χ1v) is 8.93. The lowest BCUT2D eigenvalue weighted by molar-refractivity contribution is -0.120. The molecule has 1 aliphatic rings. The summed E-state index contributed by atoms with van der Waals surface area (Å²) < 4.78 is 10.6. The van der Waals surface area contributed by atoms with Gasteiger partial charge >= 0.3 is 0 Å². The predicted molar refractivity (Wildman–Crippen MR) is 101 cm³/mol. The first-order valence-electron chi connectivity index (χ1n) is 8.93. The van der Waals surface area contributed by atoms with Gasteiger partial charge in [-0.2, -0.15) is 4.98 Å². The molecule has 0 spiro atoms. The molecule has 8 nitrogen and oxygen atoms in total. The normalized spacial score (nSPS) is 17.1. The Morgan fingerprint density at radius 2 is 2.19 bits per heavy atom. The molecule has 140 valence electrons. The number of ether oxygens (including phenoxy) is 1. The zero-order valence-corrected chi connectivity index (χ0v) is 15.3. The molecule has 0 saturated carbocycles. The molecule has 2 aromatic heterocycles. The third kappa shape index (κ3) is 3.30. The van der Waals surface area contributed by atoms with E-state index in [0.29, 0.717) is 23.7 Å². The highest BCUT2D eigenvalue weighted by atomic mass is 16.5. The molecular weight excluding hydrogens is 346 g/mol. The molecule has 3 heterocycles. The average Bonchev–Trinajstić information content (AvgIpc) is 3.09. The summed E-state index contributed by atoms with van der Waals surface area (Å²) >= 11 is 0. The Kier molecular flexibility index (Phi) is 4.62. The van der Waals surface area contributed by atoms with Crippen LogP contribution in [0.1, 0.15) is 18.5 Å².